The van der Waals surface area contributed by atoms with E-state index >= 15 is 0 Å². The summed E-state index contributed by atoms with van der Waals surface area (Å²) < 4.78 is 12.7. The molecule has 0 unspecified atom stereocenters. The summed E-state index contributed by atoms with van der Waals surface area (Å²) in [5.41, 5.74) is 0.797. The number of carboxylic acids is 1. The van der Waals surface area contributed by atoms with E-state index in [1.54, 1.807) is 12.1 Å². The first-order valence-corrected chi connectivity index (χ1v) is 5.31. The number of amides is 1. The van der Waals surface area contributed by atoms with Crippen molar-refractivity contribution in [2.24, 2.45) is 5.92 Å². The van der Waals surface area contributed by atoms with E-state index in [0.29, 0.717) is 6.54 Å². The minimum Gasteiger partial charge on any atom is -0.481 e. The standard InChI is InChI=1S/C12H12FNO3/c13-10-3-1-8(2-4-10)6-14-7-9(12(16)17)5-11(14)15/h1-4,9H,5-7H2,(H,16,17)/t9-/m1/s1. The van der Waals surface area contributed by atoms with Crippen molar-refractivity contribution in [3.05, 3.63) is 35.6 Å². The molecule has 2 rings (SSSR count). The summed E-state index contributed by atoms with van der Waals surface area (Å²) in [6.45, 7) is 0.564. The molecule has 1 amide bonds. The second-order valence-electron chi connectivity index (χ2n) is 4.14. The molecular formula is C12H12FNO3. The lowest BCUT2D eigenvalue weighted by molar-refractivity contribution is -0.141. The first-order valence-electron chi connectivity index (χ1n) is 5.31. The molecule has 0 spiro atoms. The molecule has 1 aromatic carbocycles. The molecule has 1 aliphatic rings. The molecule has 17 heavy (non-hydrogen) atoms. The molecule has 0 radical (unpaired) electrons. The van der Waals surface area contributed by atoms with Crippen molar-refractivity contribution in [2.45, 2.75) is 13.0 Å². The van der Waals surface area contributed by atoms with Crippen molar-refractivity contribution in [3.63, 3.8) is 0 Å². The Hall–Kier alpha value is -1.91. The number of rotatable bonds is 3. The third kappa shape index (κ3) is 2.61. The molecule has 0 saturated carbocycles. The zero-order valence-corrected chi connectivity index (χ0v) is 9.10. The van der Waals surface area contributed by atoms with Gasteiger partial charge in [0, 0.05) is 19.5 Å². The lowest BCUT2D eigenvalue weighted by Crippen LogP contribution is -2.25. The zero-order valence-electron chi connectivity index (χ0n) is 9.10. The maximum absolute atomic E-state index is 12.7. The van der Waals surface area contributed by atoms with Crippen LogP contribution in [-0.2, 0) is 16.1 Å². The van der Waals surface area contributed by atoms with E-state index in [-0.39, 0.29) is 24.7 Å². The van der Waals surface area contributed by atoms with Gasteiger partial charge in [0.1, 0.15) is 5.82 Å². The third-order valence-corrected chi connectivity index (χ3v) is 2.85. The van der Waals surface area contributed by atoms with Crippen molar-refractivity contribution < 1.29 is 19.1 Å². The van der Waals surface area contributed by atoms with Crippen LogP contribution >= 0.6 is 0 Å². The summed E-state index contributed by atoms with van der Waals surface area (Å²) in [7, 11) is 0. The van der Waals surface area contributed by atoms with Gasteiger partial charge in [-0.15, -0.1) is 0 Å². The summed E-state index contributed by atoms with van der Waals surface area (Å²) in [4.78, 5) is 23.8. The Morgan fingerprint density at radius 3 is 2.59 bits per heavy atom. The van der Waals surface area contributed by atoms with Gasteiger partial charge in [-0.2, -0.15) is 0 Å². The molecule has 1 aromatic rings. The Morgan fingerprint density at radius 2 is 2.06 bits per heavy atom. The number of carbonyl (C=O) groups excluding carboxylic acids is 1. The maximum Gasteiger partial charge on any atom is 0.308 e. The first kappa shape index (κ1) is 11.6. The largest absolute Gasteiger partial charge is 0.481 e. The highest BCUT2D eigenvalue weighted by Gasteiger charge is 2.33. The van der Waals surface area contributed by atoms with Gasteiger partial charge in [0.25, 0.3) is 0 Å². The summed E-state index contributed by atoms with van der Waals surface area (Å²) in [5.74, 6) is -2.06. The predicted molar refractivity (Wildman–Crippen MR) is 57.6 cm³/mol. The number of nitrogens with zero attached hydrogens (tertiary/aromatic N) is 1. The lowest BCUT2D eigenvalue weighted by atomic mass is 10.1. The van der Waals surface area contributed by atoms with E-state index in [1.165, 1.54) is 17.0 Å². The van der Waals surface area contributed by atoms with Gasteiger partial charge in [-0.1, -0.05) is 12.1 Å². The molecule has 90 valence electrons. The average Bonchev–Trinajstić information content (AvgIpc) is 2.64. The van der Waals surface area contributed by atoms with E-state index in [0.717, 1.165) is 5.56 Å². The molecule has 0 aromatic heterocycles. The molecule has 1 saturated heterocycles. The SMILES string of the molecule is O=C(O)[C@@H]1CC(=O)N(Cc2ccc(F)cc2)C1. The Labute approximate surface area is 97.7 Å². The van der Waals surface area contributed by atoms with E-state index in [4.69, 9.17) is 5.11 Å². The van der Waals surface area contributed by atoms with Gasteiger partial charge in [0.05, 0.1) is 5.92 Å². The Kier molecular flexibility index (Phi) is 3.08. The third-order valence-electron chi connectivity index (χ3n) is 2.85. The summed E-state index contributed by atoms with van der Waals surface area (Å²) >= 11 is 0. The number of likely N-dealkylation sites (tertiary alicyclic amines) is 1. The van der Waals surface area contributed by atoms with Gasteiger partial charge in [-0.05, 0) is 17.7 Å². The van der Waals surface area contributed by atoms with E-state index in [9.17, 15) is 14.0 Å². The molecule has 0 bridgehead atoms. The minimum absolute atomic E-state index is 0.0521. The van der Waals surface area contributed by atoms with Crippen molar-refractivity contribution in [3.8, 4) is 0 Å². The Morgan fingerprint density at radius 1 is 1.41 bits per heavy atom. The number of benzene rings is 1. The van der Waals surface area contributed by atoms with Crippen molar-refractivity contribution in [2.75, 3.05) is 6.54 Å². The van der Waals surface area contributed by atoms with Crippen molar-refractivity contribution in [1.82, 2.24) is 4.90 Å². The normalized spacial score (nSPS) is 19.7. The molecule has 1 aliphatic heterocycles. The molecule has 1 heterocycles. The number of aliphatic carboxylic acids is 1. The van der Waals surface area contributed by atoms with Crippen molar-refractivity contribution in [1.29, 1.82) is 0 Å². The second kappa shape index (κ2) is 4.53. The van der Waals surface area contributed by atoms with Gasteiger partial charge in [-0.25, -0.2) is 4.39 Å². The number of hydrogen-bond donors (Lipinski definition) is 1. The molecule has 1 N–H and O–H groups in total. The molecule has 1 atom stereocenters. The monoisotopic (exact) mass is 237 g/mol. The van der Waals surface area contributed by atoms with Gasteiger partial charge in [0.2, 0.25) is 5.91 Å². The highest BCUT2D eigenvalue weighted by atomic mass is 19.1. The topological polar surface area (TPSA) is 57.6 Å². The maximum atomic E-state index is 12.7. The number of carbonyl (C=O) groups is 2. The van der Waals surface area contributed by atoms with Crippen LogP contribution in [0.3, 0.4) is 0 Å². The van der Waals surface area contributed by atoms with Crippen molar-refractivity contribution >= 4 is 11.9 Å². The number of hydrogen-bond acceptors (Lipinski definition) is 2. The van der Waals surface area contributed by atoms with Crippen LogP contribution in [0.25, 0.3) is 0 Å². The van der Waals surface area contributed by atoms with E-state index in [1.807, 2.05) is 0 Å². The van der Waals surface area contributed by atoms with Crippen LogP contribution in [0, 0.1) is 11.7 Å². The van der Waals surface area contributed by atoms with Crippen LogP contribution in [0.15, 0.2) is 24.3 Å². The summed E-state index contributed by atoms with van der Waals surface area (Å²) in [6, 6.07) is 5.84. The molecule has 1 fully saturated rings. The Balaban J connectivity index is 2.02. The highest BCUT2D eigenvalue weighted by molar-refractivity contribution is 5.86. The van der Waals surface area contributed by atoms with Gasteiger partial charge in [0.15, 0.2) is 0 Å². The van der Waals surface area contributed by atoms with Gasteiger partial charge >= 0.3 is 5.97 Å². The van der Waals surface area contributed by atoms with Crippen LogP contribution in [0.5, 0.6) is 0 Å². The molecule has 5 heteroatoms. The van der Waals surface area contributed by atoms with Crippen LogP contribution in [0.1, 0.15) is 12.0 Å². The predicted octanol–water partition coefficient (Wildman–Crippen LogP) is 1.26. The fourth-order valence-electron chi connectivity index (χ4n) is 1.90. The van der Waals surface area contributed by atoms with Crippen LogP contribution in [0.4, 0.5) is 4.39 Å². The van der Waals surface area contributed by atoms with Crippen LogP contribution in [0.2, 0.25) is 0 Å². The number of halogens is 1. The highest BCUT2D eigenvalue weighted by Crippen LogP contribution is 2.20. The summed E-state index contributed by atoms with van der Waals surface area (Å²) in [6.07, 6.45) is 0.0521. The Bertz CT molecular complexity index is 444. The second-order valence-corrected chi connectivity index (χ2v) is 4.14. The van der Waals surface area contributed by atoms with Gasteiger partial charge in [-0.3, -0.25) is 9.59 Å². The van der Waals surface area contributed by atoms with E-state index < -0.39 is 11.9 Å². The fourth-order valence-corrected chi connectivity index (χ4v) is 1.90. The zero-order chi connectivity index (χ0) is 12.4. The van der Waals surface area contributed by atoms with Crippen LogP contribution in [-0.4, -0.2) is 28.4 Å². The molecular weight excluding hydrogens is 225 g/mol. The molecule has 0 aliphatic carbocycles. The fraction of sp³-hybridized carbons (Fsp3) is 0.333. The molecule has 4 nitrogen and oxygen atoms in total. The quantitative estimate of drug-likeness (QED) is 0.861. The average molecular weight is 237 g/mol. The smallest absolute Gasteiger partial charge is 0.308 e. The van der Waals surface area contributed by atoms with E-state index in [2.05, 4.69) is 0 Å². The van der Waals surface area contributed by atoms with Gasteiger partial charge < -0.3 is 10.0 Å². The number of carboxylic acid groups (broad SMARTS) is 1. The summed E-state index contributed by atoms with van der Waals surface area (Å²) in [5, 5.41) is 8.82. The lowest BCUT2D eigenvalue weighted by Gasteiger charge is -2.15. The van der Waals surface area contributed by atoms with Crippen LogP contribution < -0.4 is 0 Å². The first-order chi connectivity index (χ1) is 8.06. The minimum atomic E-state index is -0.944.